The van der Waals surface area contributed by atoms with Gasteiger partial charge in [0.05, 0.1) is 7.11 Å². The molecule has 0 spiro atoms. The lowest BCUT2D eigenvalue weighted by Gasteiger charge is -2.38. The van der Waals surface area contributed by atoms with Crippen molar-refractivity contribution in [2.75, 3.05) is 7.11 Å². The molecule has 0 heterocycles. The maximum Gasteiger partial charge on any atom is 0.330 e. The van der Waals surface area contributed by atoms with E-state index in [4.69, 9.17) is 4.43 Å². The van der Waals surface area contributed by atoms with Gasteiger partial charge < -0.3 is 9.16 Å². The third-order valence-corrected chi connectivity index (χ3v) is 8.37. The highest BCUT2D eigenvalue weighted by atomic mass is 28.4. The van der Waals surface area contributed by atoms with Crippen molar-refractivity contribution < 1.29 is 14.0 Å². The second kappa shape index (κ2) is 7.24. The van der Waals surface area contributed by atoms with Gasteiger partial charge in [-0.2, -0.15) is 0 Å². The van der Waals surface area contributed by atoms with Crippen molar-refractivity contribution in [2.45, 2.75) is 65.3 Å². The van der Waals surface area contributed by atoms with Crippen LogP contribution in [0.2, 0.25) is 18.1 Å². The fourth-order valence-corrected chi connectivity index (χ4v) is 3.10. The smallest absolute Gasteiger partial charge is 0.330 e. The zero-order chi connectivity index (χ0) is 15.3. The SMILES string of the molecule is COC(=O)/C=C/[C@H](C)C[C@H](C)O[Si](C)(C)C(C)(C)C. The standard InChI is InChI=1S/C15H30O3Si/c1-12(9-10-14(16)17-6)11-13(2)18-19(7,8)15(3,4)5/h9-10,12-13H,11H2,1-8H3/b10-9+/t12-,13-/m0/s1. The summed E-state index contributed by atoms with van der Waals surface area (Å²) in [6, 6.07) is 0. The van der Waals surface area contributed by atoms with Gasteiger partial charge in [-0.3, -0.25) is 0 Å². The Balaban J connectivity index is 4.36. The zero-order valence-corrected chi connectivity index (χ0v) is 14.7. The van der Waals surface area contributed by atoms with Gasteiger partial charge in [-0.1, -0.05) is 33.8 Å². The van der Waals surface area contributed by atoms with E-state index < -0.39 is 8.32 Å². The third-order valence-electron chi connectivity index (χ3n) is 3.77. The maximum atomic E-state index is 11.0. The molecule has 3 nitrogen and oxygen atoms in total. The summed E-state index contributed by atoms with van der Waals surface area (Å²) in [7, 11) is -0.313. The number of hydrogen-bond donors (Lipinski definition) is 0. The number of hydrogen-bond acceptors (Lipinski definition) is 3. The summed E-state index contributed by atoms with van der Waals surface area (Å²) < 4.78 is 10.9. The van der Waals surface area contributed by atoms with E-state index in [0.29, 0.717) is 5.92 Å². The van der Waals surface area contributed by atoms with Crippen molar-refractivity contribution in [2.24, 2.45) is 5.92 Å². The summed E-state index contributed by atoms with van der Waals surface area (Å²) in [6.45, 7) is 15.5. The minimum absolute atomic E-state index is 0.207. The summed E-state index contributed by atoms with van der Waals surface area (Å²) in [5.41, 5.74) is 0. The first kappa shape index (κ1) is 18.4. The van der Waals surface area contributed by atoms with Gasteiger partial charge >= 0.3 is 5.97 Å². The van der Waals surface area contributed by atoms with Crippen LogP contribution in [0.25, 0.3) is 0 Å². The van der Waals surface area contributed by atoms with Gasteiger partial charge in [0.2, 0.25) is 0 Å². The molecule has 19 heavy (non-hydrogen) atoms. The first-order chi connectivity index (χ1) is 8.49. The molecule has 0 unspecified atom stereocenters. The predicted octanol–water partition coefficient (Wildman–Crippen LogP) is 4.15. The minimum Gasteiger partial charge on any atom is -0.466 e. The summed E-state index contributed by atoms with van der Waals surface area (Å²) >= 11 is 0. The molecule has 0 amide bonds. The molecule has 2 atom stereocenters. The molecule has 0 fully saturated rings. The number of carbonyl (C=O) groups excluding carboxylic acids is 1. The number of esters is 1. The number of allylic oxidation sites excluding steroid dienone is 1. The molecule has 0 N–H and O–H groups in total. The molecule has 0 aromatic heterocycles. The Labute approximate surface area is 119 Å². The highest BCUT2D eigenvalue weighted by Crippen LogP contribution is 2.37. The van der Waals surface area contributed by atoms with E-state index in [9.17, 15) is 4.79 Å². The predicted molar refractivity (Wildman–Crippen MR) is 82.7 cm³/mol. The molecule has 0 saturated carbocycles. The van der Waals surface area contributed by atoms with Crippen LogP contribution in [0.3, 0.4) is 0 Å². The second-order valence-electron chi connectivity index (χ2n) is 6.78. The molecule has 0 radical (unpaired) electrons. The second-order valence-corrected chi connectivity index (χ2v) is 11.5. The Kier molecular flexibility index (Phi) is 7.01. The molecular weight excluding hydrogens is 256 g/mol. The van der Waals surface area contributed by atoms with Crippen LogP contribution in [0.15, 0.2) is 12.2 Å². The van der Waals surface area contributed by atoms with Crippen molar-refractivity contribution in [3.05, 3.63) is 12.2 Å². The van der Waals surface area contributed by atoms with E-state index in [-0.39, 0.29) is 17.1 Å². The lowest BCUT2D eigenvalue weighted by Crippen LogP contribution is -2.43. The molecule has 4 heteroatoms. The molecule has 0 aliphatic carbocycles. The Morgan fingerprint density at radius 3 is 2.21 bits per heavy atom. The van der Waals surface area contributed by atoms with Gasteiger partial charge in [-0.15, -0.1) is 0 Å². The summed E-state index contributed by atoms with van der Waals surface area (Å²) in [6.07, 6.45) is 4.50. The Hall–Kier alpha value is -0.613. The normalized spacial score (nSPS) is 16.4. The van der Waals surface area contributed by atoms with Gasteiger partial charge in [0.1, 0.15) is 0 Å². The van der Waals surface area contributed by atoms with Crippen LogP contribution in [-0.4, -0.2) is 27.5 Å². The molecule has 0 aliphatic rings. The summed E-state index contributed by atoms with van der Waals surface area (Å²) in [4.78, 5) is 11.0. The molecule has 0 rings (SSSR count). The van der Waals surface area contributed by atoms with Crippen molar-refractivity contribution in [3.63, 3.8) is 0 Å². The minimum atomic E-state index is -1.70. The van der Waals surface area contributed by atoms with Crippen molar-refractivity contribution in [1.82, 2.24) is 0 Å². The van der Waals surface area contributed by atoms with Crippen LogP contribution >= 0.6 is 0 Å². The summed E-state index contributed by atoms with van der Waals surface area (Å²) in [5.74, 6) is 0.00341. The van der Waals surface area contributed by atoms with Crippen LogP contribution < -0.4 is 0 Å². The lowest BCUT2D eigenvalue weighted by molar-refractivity contribution is -0.134. The average molecular weight is 286 g/mol. The number of rotatable bonds is 6. The monoisotopic (exact) mass is 286 g/mol. The van der Waals surface area contributed by atoms with Crippen LogP contribution in [0.4, 0.5) is 0 Å². The molecule has 0 aromatic rings. The van der Waals surface area contributed by atoms with Gasteiger partial charge in [0.25, 0.3) is 0 Å². The number of carbonyl (C=O) groups is 1. The van der Waals surface area contributed by atoms with Crippen LogP contribution in [0.5, 0.6) is 0 Å². The fourth-order valence-electron chi connectivity index (χ4n) is 1.64. The van der Waals surface area contributed by atoms with E-state index in [1.165, 1.54) is 13.2 Å². The van der Waals surface area contributed by atoms with Crippen molar-refractivity contribution in [3.8, 4) is 0 Å². The highest BCUT2D eigenvalue weighted by molar-refractivity contribution is 6.74. The fraction of sp³-hybridized carbons (Fsp3) is 0.800. The lowest BCUT2D eigenvalue weighted by atomic mass is 10.0. The van der Waals surface area contributed by atoms with E-state index in [1.807, 2.05) is 6.08 Å². The van der Waals surface area contributed by atoms with Gasteiger partial charge in [0, 0.05) is 12.2 Å². The van der Waals surface area contributed by atoms with Crippen molar-refractivity contribution in [1.29, 1.82) is 0 Å². The Morgan fingerprint density at radius 1 is 1.26 bits per heavy atom. The molecular formula is C15H30O3Si. The van der Waals surface area contributed by atoms with Crippen LogP contribution in [0, 0.1) is 5.92 Å². The number of ether oxygens (including phenoxy) is 1. The van der Waals surface area contributed by atoms with Crippen LogP contribution in [0.1, 0.15) is 41.0 Å². The largest absolute Gasteiger partial charge is 0.466 e. The first-order valence-electron chi connectivity index (χ1n) is 6.93. The third kappa shape index (κ3) is 6.92. The van der Waals surface area contributed by atoms with E-state index >= 15 is 0 Å². The number of methoxy groups -OCH3 is 1. The van der Waals surface area contributed by atoms with Crippen molar-refractivity contribution >= 4 is 14.3 Å². The van der Waals surface area contributed by atoms with Crippen LogP contribution in [-0.2, 0) is 14.0 Å². The average Bonchev–Trinajstić information content (AvgIpc) is 2.23. The van der Waals surface area contributed by atoms with E-state index in [1.54, 1.807) is 0 Å². The Bertz CT molecular complexity index is 316. The topological polar surface area (TPSA) is 35.5 Å². The molecule has 0 aromatic carbocycles. The van der Waals surface area contributed by atoms with Gasteiger partial charge in [0.15, 0.2) is 8.32 Å². The molecule has 0 aliphatic heterocycles. The molecule has 112 valence electrons. The van der Waals surface area contributed by atoms with E-state index in [2.05, 4.69) is 52.4 Å². The Morgan fingerprint density at radius 2 is 1.79 bits per heavy atom. The molecule has 0 bridgehead atoms. The highest BCUT2D eigenvalue weighted by Gasteiger charge is 2.38. The maximum absolute atomic E-state index is 11.0. The van der Waals surface area contributed by atoms with Gasteiger partial charge in [-0.25, -0.2) is 4.79 Å². The quantitative estimate of drug-likeness (QED) is 0.418. The summed E-state index contributed by atoms with van der Waals surface area (Å²) in [5, 5.41) is 0.229. The van der Waals surface area contributed by atoms with E-state index in [0.717, 1.165) is 6.42 Å². The van der Waals surface area contributed by atoms with Gasteiger partial charge in [-0.05, 0) is 37.4 Å². The first-order valence-corrected chi connectivity index (χ1v) is 9.84. The zero-order valence-electron chi connectivity index (χ0n) is 13.7. The molecule has 0 saturated heterocycles.